The van der Waals surface area contributed by atoms with Gasteiger partial charge in [0.05, 0.1) is 11.3 Å². The molecule has 0 aliphatic rings. The van der Waals surface area contributed by atoms with Gasteiger partial charge in [0, 0.05) is 70.3 Å². The fraction of sp³-hybridized carbons (Fsp3) is 0.250. The number of aliphatic hydroxyl groups excluding tert-OH is 1. The summed E-state index contributed by atoms with van der Waals surface area (Å²) >= 11 is 1.84. The van der Waals surface area contributed by atoms with Crippen molar-refractivity contribution in [2.45, 2.75) is 53.4 Å². The van der Waals surface area contributed by atoms with E-state index in [1.54, 1.807) is 0 Å². The zero-order chi connectivity index (χ0) is 31.5. The van der Waals surface area contributed by atoms with Crippen LogP contribution in [0, 0.1) is 17.9 Å². The van der Waals surface area contributed by atoms with E-state index in [-0.39, 0.29) is 43.5 Å². The third-order valence-corrected chi connectivity index (χ3v) is 10.1. The van der Waals surface area contributed by atoms with E-state index >= 15 is 0 Å². The van der Waals surface area contributed by atoms with Crippen LogP contribution in [0.15, 0.2) is 103 Å². The average molecular weight is 804 g/mol. The van der Waals surface area contributed by atoms with Crippen LogP contribution in [0.5, 0.6) is 0 Å². The number of carbonyl (C=O) groups is 1. The largest absolute Gasteiger partial charge is 0.512 e. The van der Waals surface area contributed by atoms with Gasteiger partial charge in [-0.2, -0.15) is 11.3 Å². The fourth-order valence-corrected chi connectivity index (χ4v) is 7.52. The van der Waals surface area contributed by atoms with Crippen LogP contribution in [0.3, 0.4) is 0 Å². The van der Waals surface area contributed by atoms with Crippen LogP contribution >= 0.6 is 11.3 Å². The first-order valence-electron chi connectivity index (χ1n) is 16.0. The van der Waals surface area contributed by atoms with Gasteiger partial charge in [-0.25, -0.2) is 0 Å². The Labute approximate surface area is 288 Å². The summed E-state index contributed by atoms with van der Waals surface area (Å²) in [5.41, 5.74) is 5.42. The van der Waals surface area contributed by atoms with Gasteiger partial charge in [0.15, 0.2) is 5.78 Å². The number of pyridine rings is 1. The second-order valence-electron chi connectivity index (χ2n) is 11.6. The van der Waals surface area contributed by atoms with Gasteiger partial charge in [-0.1, -0.05) is 75.5 Å². The number of thiophene rings is 1. The van der Waals surface area contributed by atoms with Crippen LogP contribution in [0.25, 0.3) is 58.7 Å². The van der Waals surface area contributed by atoms with Gasteiger partial charge in [0.25, 0.3) is 0 Å². The van der Waals surface area contributed by atoms with Crippen molar-refractivity contribution in [3.63, 3.8) is 0 Å². The van der Waals surface area contributed by atoms with E-state index < -0.39 is 0 Å². The first-order chi connectivity index (χ1) is 22.0. The summed E-state index contributed by atoms with van der Waals surface area (Å²) in [5, 5.41) is 14.5. The van der Waals surface area contributed by atoms with Crippen molar-refractivity contribution >= 4 is 70.1 Å². The minimum atomic E-state index is 0. The first-order valence-corrected chi connectivity index (χ1v) is 16.9. The molecule has 0 spiro atoms. The van der Waals surface area contributed by atoms with E-state index in [1.807, 2.05) is 45.1 Å². The number of hydrogen-bond donors (Lipinski definition) is 1. The molecule has 3 aromatic heterocycles. The Kier molecular flexibility index (Phi) is 10.7. The number of benzene rings is 4. The SMILES string of the molecule is CCC(CC)C(=O)/C=C(\O)C(CC)CC.[Ir].[c-]1ccc2sc3cccc4c3c2c1c1nc2ccccc2cc1n4-c1ccccc1. The predicted octanol–water partition coefficient (Wildman–Crippen LogP) is 11.4. The van der Waals surface area contributed by atoms with Gasteiger partial charge in [-0.15, -0.1) is 23.6 Å². The maximum absolute atomic E-state index is 11.7. The first kappa shape index (κ1) is 33.5. The van der Waals surface area contributed by atoms with E-state index in [9.17, 15) is 9.90 Å². The molecule has 7 rings (SSSR count). The smallest absolute Gasteiger partial charge is 0.162 e. The molecule has 6 heteroatoms. The number of para-hydroxylation sites is 2. The summed E-state index contributed by atoms with van der Waals surface area (Å²) in [5.74, 6) is 0.547. The van der Waals surface area contributed by atoms with Crippen molar-refractivity contribution < 1.29 is 30.0 Å². The van der Waals surface area contributed by atoms with Crippen molar-refractivity contribution in [3.8, 4) is 5.69 Å². The summed E-state index contributed by atoms with van der Waals surface area (Å²) in [7, 11) is 0. The number of aliphatic hydroxyl groups is 1. The molecule has 0 saturated heterocycles. The molecule has 0 saturated carbocycles. The molecule has 0 aliphatic heterocycles. The molecule has 0 unspecified atom stereocenters. The summed E-state index contributed by atoms with van der Waals surface area (Å²) in [6.07, 6.45) is 4.91. The second-order valence-corrected chi connectivity index (χ2v) is 12.6. The van der Waals surface area contributed by atoms with Gasteiger partial charge < -0.3 is 9.67 Å². The van der Waals surface area contributed by atoms with E-state index in [2.05, 4.69) is 95.6 Å². The Bertz CT molecular complexity index is 2150. The van der Waals surface area contributed by atoms with Crippen LogP contribution in [0.1, 0.15) is 53.4 Å². The van der Waals surface area contributed by atoms with Crippen molar-refractivity contribution in [3.05, 3.63) is 109 Å². The third-order valence-electron chi connectivity index (χ3n) is 8.95. The minimum absolute atomic E-state index is 0. The summed E-state index contributed by atoms with van der Waals surface area (Å²) in [4.78, 5) is 16.9. The van der Waals surface area contributed by atoms with Gasteiger partial charge >= 0.3 is 0 Å². The van der Waals surface area contributed by atoms with Crippen LogP contribution in [-0.2, 0) is 24.9 Å². The zero-order valence-corrected chi connectivity index (χ0v) is 29.9. The monoisotopic (exact) mass is 804 g/mol. The number of rotatable bonds is 8. The molecule has 0 fully saturated rings. The molecule has 3 heterocycles. The number of hydrogen-bond acceptors (Lipinski definition) is 4. The summed E-state index contributed by atoms with van der Waals surface area (Å²) < 4.78 is 4.93. The molecule has 0 bridgehead atoms. The average Bonchev–Trinajstić information content (AvgIpc) is 3.41. The standard InChI is InChI=1S/C27H15N2S.C13H24O2.Ir/c1-2-9-18(10-3-1)29-21-13-7-15-24-26(21)25-19(11-6-14-23(25)30-24)27-22(29)16-17-8-4-5-12-20(17)28-27;1-5-10(6-2)12(14)9-13(15)11(7-3)8-4;/h1-10,12-16H;9-11,14H,5-8H2,1-4H3;/q-1;;/b;12-9-;. The third kappa shape index (κ3) is 6.27. The Balaban J connectivity index is 0.000000225. The van der Waals surface area contributed by atoms with Crippen molar-refractivity contribution in [2.24, 2.45) is 11.8 Å². The minimum Gasteiger partial charge on any atom is -0.512 e. The number of ketones is 1. The molecular formula is C40H39IrN2O2S-. The molecule has 46 heavy (non-hydrogen) atoms. The van der Waals surface area contributed by atoms with E-state index in [0.717, 1.165) is 58.7 Å². The van der Waals surface area contributed by atoms with E-state index in [4.69, 9.17) is 4.98 Å². The molecule has 237 valence electrons. The molecule has 1 N–H and O–H groups in total. The fourth-order valence-electron chi connectivity index (χ4n) is 6.38. The Hall–Kier alpha value is -3.83. The van der Waals surface area contributed by atoms with Gasteiger partial charge in [0.2, 0.25) is 0 Å². The van der Waals surface area contributed by atoms with Crippen LogP contribution in [0.4, 0.5) is 0 Å². The molecule has 0 amide bonds. The van der Waals surface area contributed by atoms with E-state index in [0.29, 0.717) is 0 Å². The molecule has 7 aromatic rings. The van der Waals surface area contributed by atoms with Crippen molar-refractivity contribution in [1.82, 2.24) is 9.55 Å². The van der Waals surface area contributed by atoms with Crippen LogP contribution < -0.4 is 0 Å². The van der Waals surface area contributed by atoms with Crippen molar-refractivity contribution in [1.29, 1.82) is 0 Å². The second kappa shape index (κ2) is 14.7. The number of allylic oxidation sites excluding steroid dienone is 2. The van der Waals surface area contributed by atoms with Crippen molar-refractivity contribution in [2.75, 3.05) is 0 Å². The number of aromatic nitrogens is 2. The molecule has 0 aliphatic carbocycles. The Morgan fingerprint density at radius 1 is 0.826 bits per heavy atom. The summed E-state index contributed by atoms with van der Waals surface area (Å²) in [6, 6.07) is 35.5. The van der Waals surface area contributed by atoms with Gasteiger partial charge in [0.1, 0.15) is 0 Å². The summed E-state index contributed by atoms with van der Waals surface area (Å²) in [6.45, 7) is 8.07. The molecule has 1 radical (unpaired) electrons. The van der Waals surface area contributed by atoms with Gasteiger partial charge in [-0.05, 0) is 72.2 Å². The van der Waals surface area contributed by atoms with Crippen LogP contribution in [-0.4, -0.2) is 20.4 Å². The number of fused-ring (bicyclic) bond motifs is 3. The molecule has 0 atom stereocenters. The topological polar surface area (TPSA) is 55.1 Å². The normalized spacial score (nSPS) is 11.9. The number of carbonyl (C=O) groups excluding carboxylic acids is 1. The zero-order valence-electron chi connectivity index (χ0n) is 26.7. The van der Waals surface area contributed by atoms with E-state index in [1.165, 1.54) is 31.8 Å². The maximum atomic E-state index is 11.7. The molecule has 4 nitrogen and oxygen atoms in total. The Morgan fingerprint density at radius 3 is 2.22 bits per heavy atom. The number of nitrogens with zero attached hydrogens (tertiary/aromatic N) is 2. The molecule has 4 aromatic carbocycles. The quantitative estimate of drug-likeness (QED) is 0.0946. The maximum Gasteiger partial charge on any atom is 0.162 e. The van der Waals surface area contributed by atoms with Gasteiger partial charge in [-0.3, -0.25) is 9.78 Å². The Morgan fingerprint density at radius 2 is 1.50 bits per heavy atom. The molecular weight excluding hydrogens is 765 g/mol. The predicted molar refractivity (Wildman–Crippen MR) is 192 cm³/mol. The van der Waals surface area contributed by atoms with Crippen LogP contribution in [0.2, 0.25) is 0 Å².